The molecular weight excluding hydrogens is 230 g/mol. The Hall–Kier alpha value is -1.26. The van der Waals surface area contributed by atoms with Crippen molar-refractivity contribution in [3.8, 4) is 11.5 Å². The number of fused-ring (bicyclic) bond motifs is 1. The number of benzene rings is 1. The molecule has 4 heteroatoms. The SMILES string of the molecule is CC(C)CC(N)C(O)c1ccc2c(c1)OCCO2. The average molecular weight is 251 g/mol. The highest BCUT2D eigenvalue weighted by atomic mass is 16.6. The molecule has 0 saturated carbocycles. The van der Waals surface area contributed by atoms with Gasteiger partial charge in [0.15, 0.2) is 11.5 Å². The summed E-state index contributed by atoms with van der Waals surface area (Å²) in [5.74, 6) is 1.89. The Bertz CT molecular complexity index is 406. The summed E-state index contributed by atoms with van der Waals surface area (Å²) in [5.41, 5.74) is 6.79. The molecule has 0 bridgehead atoms. The predicted octanol–water partition coefficient (Wildman–Crippen LogP) is 1.86. The van der Waals surface area contributed by atoms with E-state index in [1.54, 1.807) is 0 Å². The van der Waals surface area contributed by atoms with Crippen molar-refractivity contribution >= 4 is 0 Å². The van der Waals surface area contributed by atoms with Crippen LogP contribution in [0.1, 0.15) is 31.9 Å². The van der Waals surface area contributed by atoms with Gasteiger partial charge < -0.3 is 20.3 Å². The minimum Gasteiger partial charge on any atom is -0.486 e. The van der Waals surface area contributed by atoms with Crippen molar-refractivity contribution < 1.29 is 14.6 Å². The van der Waals surface area contributed by atoms with E-state index in [4.69, 9.17) is 15.2 Å². The molecule has 4 nitrogen and oxygen atoms in total. The first kappa shape index (κ1) is 13.2. The number of aliphatic hydroxyl groups is 1. The third-order valence-electron chi connectivity index (χ3n) is 3.06. The van der Waals surface area contributed by atoms with Gasteiger partial charge in [-0.3, -0.25) is 0 Å². The molecule has 1 aliphatic rings. The van der Waals surface area contributed by atoms with Crippen LogP contribution in [0.2, 0.25) is 0 Å². The molecule has 100 valence electrons. The number of hydrogen-bond donors (Lipinski definition) is 2. The molecule has 1 aromatic rings. The van der Waals surface area contributed by atoms with Crippen molar-refractivity contribution in [3.05, 3.63) is 23.8 Å². The Kier molecular flexibility index (Phi) is 4.09. The molecular formula is C14H21NO3. The fourth-order valence-corrected chi connectivity index (χ4v) is 2.16. The molecule has 1 heterocycles. The highest BCUT2D eigenvalue weighted by Crippen LogP contribution is 2.33. The molecule has 0 radical (unpaired) electrons. The van der Waals surface area contributed by atoms with Gasteiger partial charge >= 0.3 is 0 Å². The van der Waals surface area contributed by atoms with Crippen LogP contribution in [0.4, 0.5) is 0 Å². The smallest absolute Gasteiger partial charge is 0.161 e. The third-order valence-corrected chi connectivity index (χ3v) is 3.06. The highest BCUT2D eigenvalue weighted by Gasteiger charge is 2.20. The van der Waals surface area contributed by atoms with Crippen molar-refractivity contribution in [1.82, 2.24) is 0 Å². The van der Waals surface area contributed by atoms with Gasteiger partial charge in [-0.2, -0.15) is 0 Å². The maximum atomic E-state index is 10.2. The molecule has 0 fully saturated rings. The van der Waals surface area contributed by atoms with Gasteiger partial charge in [0.25, 0.3) is 0 Å². The molecule has 1 aliphatic heterocycles. The molecule has 3 N–H and O–H groups in total. The molecule has 2 unspecified atom stereocenters. The second kappa shape index (κ2) is 5.59. The van der Waals surface area contributed by atoms with Gasteiger partial charge in [-0.25, -0.2) is 0 Å². The summed E-state index contributed by atoms with van der Waals surface area (Å²) in [4.78, 5) is 0. The second-order valence-corrected chi connectivity index (χ2v) is 5.14. The molecule has 2 rings (SSSR count). The normalized spacial score (nSPS) is 17.6. The fraction of sp³-hybridized carbons (Fsp3) is 0.571. The van der Waals surface area contributed by atoms with Crippen LogP contribution in [0, 0.1) is 5.92 Å². The Morgan fingerprint density at radius 3 is 2.56 bits per heavy atom. The predicted molar refractivity (Wildman–Crippen MR) is 69.8 cm³/mol. The quantitative estimate of drug-likeness (QED) is 0.857. The van der Waals surface area contributed by atoms with E-state index in [-0.39, 0.29) is 6.04 Å². The summed E-state index contributed by atoms with van der Waals surface area (Å²) in [6, 6.07) is 5.24. The van der Waals surface area contributed by atoms with Gasteiger partial charge in [-0.15, -0.1) is 0 Å². The van der Waals surface area contributed by atoms with Crippen molar-refractivity contribution in [2.24, 2.45) is 11.7 Å². The minimum absolute atomic E-state index is 0.257. The van der Waals surface area contributed by atoms with E-state index in [0.717, 1.165) is 17.7 Å². The van der Waals surface area contributed by atoms with E-state index in [0.29, 0.717) is 24.9 Å². The second-order valence-electron chi connectivity index (χ2n) is 5.14. The lowest BCUT2D eigenvalue weighted by Crippen LogP contribution is -2.30. The van der Waals surface area contributed by atoms with Crippen LogP contribution in [0.25, 0.3) is 0 Å². The minimum atomic E-state index is -0.664. The Morgan fingerprint density at radius 2 is 1.89 bits per heavy atom. The lowest BCUT2D eigenvalue weighted by Gasteiger charge is -2.23. The lowest BCUT2D eigenvalue weighted by molar-refractivity contribution is 0.133. The Morgan fingerprint density at radius 1 is 1.22 bits per heavy atom. The fourth-order valence-electron chi connectivity index (χ4n) is 2.16. The van der Waals surface area contributed by atoms with E-state index in [2.05, 4.69) is 13.8 Å². The standard InChI is InChI=1S/C14H21NO3/c1-9(2)7-11(15)14(16)10-3-4-12-13(8-10)18-6-5-17-12/h3-4,8-9,11,14,16H,5-7,15H2,1-2H3. The van der Waals surface area contributed by atoms with Crippen LogP contribution in [0.3, 0.4) is 0 Å². The van der Waals surface area contributed by atoms with Crippen molar-refractivity contribution in [2.75, 3.05) is 13.2 Å². The van der Waals surface area contributed by atoms with Gasteiger partial charge in [-0.05, 0) is 30.0 Å². The summed E-state index contributed by atoms with van der Waals surface area (Å²) < 4.78 is 10.9. The summed E-state index contributed by atoms with van der Waals surface area (Å²) in [5, 5.41) is 10.2. The van der Waals surface area contributed by atoms with Crippen molar-refractivity contribution in [2.45, 2.75) is 32.4 Å². The molecule has 2 atom stereocenters. The molecule has 1 aromatic carbocycles. The molecule has 0 aliphatic carbocycles. The molecule has 0 saturated heterocycles. The summed E-state index contributed by atoms with van der Waals surface area (Å²) >= 11 is 0. The average Bonchev–Trinajstić information content (AvgIpc) is 2.36. The van der Waals surface area contributed by atoms with Gasteiger partial charge in [0.05, 0.1) is 6.10 Å². The summed E-state index contributed by atoms with van der Waals surface area (Å²) in [7, 11) is 0. The first-order chi connectivity index (χ1) is 8.58. The third kappa shape index (κ3) is 2.94. The zero-order valence-electron chi connectivity index (χ0n) is 10.9. The topological polar surface area (TPSA) is 64.7 Å². The monoisotopic (exact) mass is 251 g/mol. The first-order valence-electron chi connectivity index (χ1n) is 6.41. The van der Waals surface area contributed by atoms with Gasteiger partial charge in [-0.1, -0.05) is 19.9 Å². The van der Waals surface area contributed by atoms with E-state index >= 15 is 0 Å². The molecule has 0 aromatic heterocycles. The number of hydrogen-bond acceptors (Lipinski definition) is 4. The van der Waals surface area contributed by atoms with Crippen LogP contribution in [0.5, 0.6) is 11.5 Å². The van der Waals surface area contributed by atoms with Gasteiger partial charge in [0, 0.05) is 6.04 Å². The Labute approximate surface area is 108 Å². The van der Waals surface area contributed by atoms with E-state index in [9.17, 15) is 5.11 Å². The number of nitrogens with two attached hydrogens (primary N) is 1. The summed E-state index contributed by atoms with van der Waals surface area (Å²) in [6.07, 6.45) is 0.124. The number of rotatable bonds is 4. The first-order valence-corrected chi connectivity index (χ1v) is 6.41. The van der Waals surface area contributed by atoms with Crippen molar-refractivity contribution in [1.29, 1.82) is 0 Å². The van der Waals surface area contributed by atoms with Crippen LogP contribution in [-0.4, -0.2) is 24.4 Å². The maximum Gasteiger partial charge on any atom is 0.161 e. The van der Waals surface area contributed by atoms with Gasteiger partial charge in [0.2, 0.25) is 0 Å². The van der Waals surface area contributed by atoms with Crippen LogP contribution >= 0.6 is 0 Å². The Balaban J connectivity index is 2.12. The van der Waals surface area contributed by atoms with E-state index < -0.39 is 6.10 Å². The maximum absolute atomic E-state index is 10.2. The molecule has 0 spiro atoms. The van der Waals surface area contributed by atoms with Crippen LogP contribution in [-0.2, 0) is 0 Å². The lowest BCUT2D eigenvalue weighted by atomic mass is 9.95. The highest BCUT2D eigenvalue weighted by molar-refractivity contribution is 5.44. The zero-order valence-corrected chi connectivity index (χ0v) is 10.9. The molecule has 0 amide bonds. The van der Waals surface area contributed by atoms with Crippen molar-refractivity contribution in [3.63, 3.8) is 0 Å². The largest absolute Gasteiger partial charge is 0.486 e. The zero-order chi connectivity index (χ0) is 13.1. The van der Waals surface area contributed by atoms with Gasteiger partial charge in [0.1, 0.15) is 13.2 Å². The number of aliphatic hydroxyl groups excluding tert-OH is 1. The summed E-state index contributed by atoms with van der Waals surface area (Å²) in [6.45, 7) is 5.30. The van der Waals surface area contributed by atoms with E-state index in [1.165, 1.54) is 0 Å². The van der Waals surface area contributed by atoms with Crippen LogP contribution in [0.15, 0.2) is 18.2 Å². The van der Waals surface area contributed by atoms with Crippen LogP contribution < -0.4 is 15.2 Å². The molecule has 18 heavy (non-hydrogen) atoms. The number of ether oxygens (including phenoxy) is 2. The van der Waals surface area contributed by atoms with E-state index in [1.807, 2.05) is 18.2 Å².